The van der Waals surface area contributed by atoms with Gasteiger partial charge in [0.05, 0.1) is 24.8 Å². The molecule has 4 aliphatic rings. The van der Waals surface area contributed by atoms with Crippen molar-refractivity contribution in [2.24, 2.45) is 5.92 Å². The average Bonchev–Trinajstić information content (AvgIpc) is 3.43. The number of alkyl halides is 3. The predicted molar refractivity (Wildman–Crippen MR) is 156 cm³/mol. The second-order valence-electron chi connectivity index (χ2n) is 12.7. The number of benzene rings is 1. The van der Waals surface area contributed by atoms with E-state index in [-0.39, 0.29) is 56.4 Å². The summed E-state index contributed by atoms with van der Waals surface area (Å²) in [7, 11) is 1.65. The van der Waals surface area contributed by atoms with Crippen LogP contribution < -0.4 is 20.7 Å². The Balaban J connectivity index is 1.40. The Bertz CT molecular complexity index is 1230. The highest BCUT2D eigenvalue weighted by Crippen LogP contribution is 2.35. The van der Waals surface area contributed by atoms with Crippen molar-refractivity contribution < 1.29 is 41.4 Å². The van der Waals surface area contributed by atoms with Gasteiger partial charge in [-0.2, -0.15) is 13.2 Å². The zero-order valence-corrected chi connectivity index (χ0v) is 25.7. The Morgan fingerprint density at radius 2 is 1.84 bits per heavy atom. The third-order valence-corrected chi connectivity index (χ3v) is 9.59. The molecule has 5 rings (SSSR count). The van der Waals surface area contributed by atoms with Crippen LogP contribution >= 0.6 is 0 Å². The van der Waals surface area contributed by atoms with Crippen molar-refractivity contribution in [3.8, 4) is 5.75 Å². The molecule has 14 heteroatoms. The second kappa shape index (κ2) is 14.2. The van der Waals surface area contributed by atoms with E-state index in [0.717, 1.165) is 32.1 Å². The lowest BCUT2D eigenvalue weighted by Crippen LogP contribution is -2.66. The molecular formula is C31H43F4N5O5. The van der Waals surface area contributed by atoms with Crippen LogP contribution in [0.3, 0.4) is 0 Å². The highest BCUT2D eigenvalue weighted by atomic mass is 19.4. The monoisotopic (exact) mass is 641 g/mol. The van der Waals surface area contributed by atoms with Crippen LogP contribution in [0, 0.1) is 11.7 Å². The molecule has 250 valence electrons. The molecule has 3 aliphatic heterocycles. The Labute approximate surface area is 260 Å². The first-order valence-corrected chi connectivity index (χ1v) is 15.9. The number of fused-ring (bicyclic) bond motifs is 2. The van der Waals surface area contributed by atoms with E-state index < -0.39 is 54.8 Å². The van der Waals surface area contributed by atoms with E-state index in [4.69, 9.17) is 9.47 Å². The highest BCUT2D eigenvalue weighted by molar-refractivity contribution is 5.93. The molecule has 3 amide bonds. The van der Waals surface area contributed by atoms with Gasteiger partial charge in [-0.1, -0.05) is 25.3 Å². The summed E-state index contributed by atoms with van der Waals surface area (Å²) in [5, 5.41) is 8.89. The van der Waals surface area contributed by atoms with Gasteiger partial charge in [0.1, 0.15) is 30.3 Å². The third-order valence-electron chi connectivity index (χ3n) is 9.59. The number of carbonyl (C=O) groups excluding carboxylic acids is 3. The third kappa shape index (κ3) is 8.07. The first-order valence-electron chi connectivity index (χ1n) is 15.9. The maximum Gasteiger partial charge on any atom is 0.411 e. The molecule has 0 spiro atoms. The quantitative estimate of drug-likeness (QED) is 0.356. The van der Waals surface area contributed by atoms with Gasteiger partial charge in [-0.15, -0.1) is 0 Å². The van der Waals surface area contributed by atoms with E-state index in [1.165, 1.54) is 17.0 Å². The molecule has 2 saturated heterocycles. The zero-order valence-electron chi connectivity index (χ0n) is 25.7. The number of nitrogens with one attached hydrogen (secondary N) is 3. The smallest absolute Gasteiger partial charge is 0.411 e. The van der Waals surface area contributed by atoms with Crippen LogP contribution in [-0.4, -0.2) is 104 Å². The van der Waals surface area contributed by atoms with Gasteiger partial charge in [-0.25, -0.2) is 4.39 Å². The molecule has 0 radical (unpaired) electrons. The van der Waals surface area contributed by atoms with Gasteiger partial charge in [0, 0.05) is 43.7 Å². The number of piperazine rings is 1. The van der Waals surface area contributed by atoms with Crippen LogP contribution in [0.1, 0.15) is 63.5 Å². The molecule has 6 atom stereocenters. The van der Waals surface area contributed by atoms with Crippen molar-refractivity contribution in [2.75, 3.05) is 39.9 Å². The van der Waals surface area contributed by atoms with Gasteiger partial charge in [0.15, 0.2) is 0 Å². The predicted octanol–water partition coefficient (Wildman–Crippen LogP) is 2.67. The molecule has 3 fully saturated rings. The van der Waals surface area contributed by atoms with Crippen molar-refractivity contribution in [2.45, 2.75) is 94.4 Å². The van der Waals surface area contributed by atoms with Gasteiger partial charge < -0.3 is 30.3 Å². The molecule has 2 unspecified atom stereocenters. The normalized spacial score (nSPS) is 27.1. The molecular weight excluding hydrogens is 598 g/mol. The van der Waals surface area contributed by atoms with Crippen LogP contribution in [0.2, 0.25) is 0 Å². The van der Waals surface area contributed by atoms with Gasteiger partial charge >= 0.3 is 6.18 Å². The van der Waals surface area contributed by atoms with Crippen molar-refractivity contribution in [3.63, 3.8) is 0 Å². The summed E-state index contributed by atoms with van der Waals surface area (Å²) in [6, 6.07) is 0.985. The fourth-order valence-corrected chi connectivity index (χ4v) is 7.05. The van der Waals surface area contributed by atoms with E-state index >= 15 is 0 Å². The standard InChI is InChI=1S/C31H43F4N5O5/c1-18(36-2)28(41)38-27(19-6-4-3-5-7-19)30(43)40-14-21-13-22(45-17-31(33,34)35)15-39(21)16-25(40)29(42)37-24-10-11-44-26-12-20(32)8-9-23(24)26/h8-9,12,18-19,21-22,24-25,27,36H,3-7,10-11,13-17H2,1-2H3,(H,37,42)(H,38,41)/t18-,21+,22?,24+,25?,27-/m0/s1. The lowest BCUT2D eigenvalue weighted by molar-refractivity contribution is -0.183. The number of halogens is 4. The highest BCUT2D eigenvalue weighted by Gasteiger charge is 2.48. The number of hydrogen-bond donors (Lipinski definition) is 3. The summed E-state index contributed by atoms with van der Waals surface area (Å²) < 4.78 is 63.3. The molecule has 1 saturated carbocycles. The Kier molecular flexibility index (Phi) is 10.5. The minimum atomic E-state index is -4.47. The van der Waals surface area contributed by atoms with Crippen LogP contribution in [0.5, 0.6) is 5.75 Å². The second-order valence-corrected chi connectivity index (χ2v) is 12.7. The number of ether oxygens (including phenoxy) is 2. The number of hydrogen-bond acceptors (Lipinski definition) is 7. The number of rotatable bonds is 9. The SMILES string of the molecule is CN[C@@H](C)C(=O)N[C@H](C(=O)N1C[C@H]2CC(OCC(F)(F)F)CN2CC1C(=O)N[C@@H]1CCOc2cc(F)ccc21)C1CCCCC1. The summed E-state index contributed by atoms with van der Waals surface area (Å²) in [6.07, 6.45) is -0.0360. The van der Waals surface area contributed by atoms with E-state index in [2.05, 4.69) is 16.0 Å². The Morgan fingerprint density at radius 3 is 2.56 bits per heavy atom. The lowest BCUT2D eigenvalue weighted by atomic mass is 9.82. The molecule has 3 N–H and O–H groups in total. The van der Waals surface area contributed by atoms with Crippen LogP contribution in [-0.2, 0) is 19.1 Å². The van der Waals surface area contributed by atoms with Crippen LogP contribution in [0.25, 0.3) is 0 Å². The van der Waals surface area contributed by atoms with Gasteiger partial charge in [-0.3, -0.25) is 19.3 Å². The summed E-state index contributed by atoms with van der Waals surface area (Å²) in [5.41, 5.74) is 0.623. The number of nitrogens with zero attached hydrogens (tertiary/aromatic N) is 2. The molecule has 0 aromatic heterocycles. The van der Waals surface area contributed by atoms with Gasteiger partial charge in [0.25, 0.3) is 0 Å². The van der Waals surface area contributed by atoms with Crippen LogP contribution in [0.4, 0.5) is 17.6 Å². The van der Waals surface area contributed by atoms with Crippen molar-refractivity contribution in [1.29, 1.82) is 0 Å². The first kappa shape index (κ1) is 33.4. The Morgan fingerprint density at radius 1 is 1.09 bits per heavy atom. The van der Waals surface area contributed by atoms with E-state index in [0.29, 0.717) is 17.7 Å². The van der Waals surface area contributed by atoms with E-state index in [9.17, 15) is 31.9 Å². The molecule has 1 aromatic carbocycles. The van der Waals surface area contributed by atoms with Gasteiger partial charge in [-0.05, 0) is 45.2 Å². The van der Waals surface area contributed by atoms with E-state index in [1.807, 2.05) is 4.90 Å². The molecule has 0 bridgehead atoms. The number of carbonyl (C=O) groups is 3. The van der Waals surface area contributed by atoms with E-state index in [1.54, 1.807) is 20.0 Å². The number of likely N-dealkylation sites (N-methyl/N-ethyl adjacent to an activating group) is 1. The fourth-order valence-electron chi connectivity index (χ4n) is 7.05. The summed E-state index contributed by atoms with van der Waals surface area (Å²) >= 11 is 0. The summed E-state index contributed by atoms with van der Waals surface area (Å²) in [6.45, 7) is 1.01. The molecule has 1 aliphatic carbocycles. The maximum atomic E-state index is 14.5. The lowest BCUT2D eigenvalue weighted by Gasteiger charge is -2.45. The molecule has 1 aromatic rings. The molecule has 3 heterocycles. The average molecular weight is 642 g/mol. The number of amides is 3. The van der Waals surface area contributed by atoms with Crippen LogP contribution in [0.15, 0.2) is 18.2 Å². The first-order chi connectivity index (χ1) is 21.4. The largest absolute Gasteiger partial charge is 0.493 e. The van der Waals surface area contributed by atoms with Crippen molar-refractivity contribution >= 4 is 17.7 Å². The summed E-state index contributed by atoms with van der Waals surface area (Å²) in [4.78, 5) is 45.0. The van der Waals surface area contributed by atoms with Crippen molar-refractivity contribution in [1.82, 2.24) is 25.8 Å². The minimum absolute atomic E-state index is 0.103. The zero-order chi connectivity index (χ0) is 32.3. The maximum absolute atomic E-state index is 14.5. The minimum Gasteiger partial charge on any atom is -0.493 e. The Hall–Kier alpha value is -2.97. The summed E-state index contributed by atoms with van der Waals surface area (Å²) in [5.74, 6) is -1.35. The topological polar surface area (TPSA) is 112 Å². The fraction of sp³-hybridized carbons (Fsp3) is 0.710. The van der Waals surface area contributed by atoms with Gasteiger partial charge in [0.2, 0.25) is 17.7 Å². The van der Waals surface area contributed by atoms with Crippen molar-refractivity contribution in [3.05, 3.63) is 29.6 Å². The molecule has 45 heavy (non-hydrogen) atoms. The molecule has 10 nitrogen and oxygen atoms in total.